The summed E-state index contributed by atoms with van der Waals surface area (Å²) in [5.74, 6) is -0.657. The monoisotopic (exact) mass is 459 g/mol. The van der Waals surface area contributed by atoms with Crippen molar-refractivity contribution in [3.8, 4) is 0 Å². The fourth-order valence-corrected chi connectivity index (χ4v) is 4.67. The van der Waals surface area contributed by atoms with Crippen LogP contribution in [0.25, 0.3) is 0 Å². The predicted molar refractivity (Wildman–Crippen MR) is 120 cm³/mol. The molecule has 1 amide bonds. The quantitative estimate of drug-likeness (QED) is 0.480. The van der Waals surface area contributed by atoms with E-state index in [0.717, 1.165) is 11.1 Å². The van der Waals surface area contributed by atoms with E-state index in [1.165, 1.54) is 30.3 Å². The van der Waals surface area contributed by atoms with E-state index >= 15 is 0 Å². The second-order valence-electron chi connectivity index (χ2n) is 7.44. The number of carbonyl (C=O) groups excluding carboxylic acids is 1. The first-order chi connectivity index (χ1) is 14.7. The maximum atomic E-state index is 13.2. The van der Waals surface area contributed by atoms with Gasteiger partial charge in [0.15, 0.2) is 0 Å². The van der Waals surface area contributed by atoms with Gasteiger partial charge in [-0.2, -0.15) is 0 Å². The van der Waals surface area contributed by atoms with Gasteiger partial charge < -0.3 is 5.32 Å². The number of amides is 1. The van der Waals surface area contributed by atoms with Crippen molar-refractivity contribution in [3.63, 3.8) is 0 Å². The smallest absolute Gasteiger partial charge is 0.261 e. The molecule has 0 saturated heterocycles. The molecule has 1 N–H and O–H groups in total. The Hall–Kier alpha value is -2.70. The molecule has 3 aromatic carbocycles. The normalized spacial score (nSPS) is 12.4. The lowest BCUT2D eigenvalue weighted by Crippen LogP contribution is -2.36. The third-order valence-corrected chi connectivity index (χ3v) is 6.53. The molecule has 1 atom stereocenters. The first-order valence-electron chi connectivity index (χ1n) is 9.87. The van der Waals surface area contributed by atoms with Crippen molar-refractivity contribution < 1.29 is 17.6 Å². The fourth-order valence-electron chi connectivity index (χ4n) is 3.48. The van der Waals surface area contributed by atoms with Gasteiger partial charge in [0.1, 0.15) is 5.82 Å². The standard InChI is InChI=1S/C24H23ClFNO3S/c1-17-15-19(8-14-23(17)31(25,29)30)7-13-22(16-18-5-3-2-4-6-18)27-24(28)20-9-11-21(26)12-10-20/h2-6,8-12,14-15,22H,7,13,16H2,1H3,(H,27,28)/t22-/m1/s1. The van der Waals surface area contributed by atoms with Crippen LogP contribution in [0.4, 0.5) is 4.39 Å². The fraction of sp³-hybridized carbons (Fsp3) is 0.208. The van der Waals surface area contributed by atoms with E-state index < -0.39 is 14.9 Å². The van der Waals surface area contributed by atoms with Gasteiger partial charge in [-0.25, -0.2) is 12.8 Å². The molecule has 0 aromatic heterocycles. The lowest BCUT2D eigenvalue weighted by molar-refractivity contribution is 0.0935. The predicted octanol–water partition coefficient (Wildman–Crippen LogP) is 5.04. The van der Waals surface area contributed by atoms with Gasteiger partial charge in [0.2, 0.25) is 0 Å². The number of benzene rings is 3. The Bertz CT molecular complexity index is 1150. The van der Waals surface area contributed by atoms with Crippen LogP contribution in [-0.4, -0.2) is 20.4 Å². The molecule has 0 fully saturated rings. The van der Waals surface area contributed by atoms with Crippen molar-refractivity contribution in [1.29, 1.82) is 0 Å². The molecule has 4 nitrogen and oxygen atoms in total. The van der Waals surface area contributed by atoms with E-state index in [1.54, 1.807) is 19.1 Å². The first kappa shape index (κ1) is 23.0. The van der Waals surface area contributed by atoms with Crippen LogP contribution in [0.1, 0.15) is 33.5 Å². The Labute approximate surface area is 186 Å². The summed E-state index contributed by atoms with van der Waals surface area (Å²) in [7, 11) is 1.68. The number of rotatable bonds is 8. The highest BCUT2D eigenvalue weighted by Crippen LogP contribution is 2.22. The summed E-state index contributed by atoms with van der Waals surface area (Å²) >= 11 is 0. The van der Waals surface area contributed by atoms with Crippen LogP contribution in [0.5, 0.6) is 0 Å². The van der Waals surface area contributed by atoms with Gasteiger partial charge in [0.25, 0.3) is 15.0 Å². The average molecular weight is 460 g/mol. The molecule has 0 aliphatic rings. The minimum Gasteiger partial charge on any atom is -0.349 e. The highest BCUT2D eigenvalue weighted by Gasteiger charge is 2.17. The lowest BCUT2D eigenvalue weighted by atomic mass is 9.98. The van der Waals surface area contributed by atoms with Gasteiger partial charge in [0, 0.05) is 22.3 Å². The minimum absolute atomic E-state index is 0.100. The van der Waals surface area contributed by atoms with Gasteiger partial charge >= 0.3 is 0 Å². The van der Waals surface area contributed by atoms with Crippen molar-refractivity contribution in [2.45, 2.75) is 37.1 Å². The summed E-state index contributed by atoms with van der Waals surface area (Å²) in [6, 6.07) is 20.2. The minimum atomic E-state index is -3.78. The van der Waals surface area contributed by atoms with Gasteiger partial charge in [0.05, 0.1) is 4.90 Å². The van der Waals surface area contributed by atoms with Crippen LogP contribution in [0.15, 0.2) is 77.7 Å². The SMILES string of the molecule is Cc1cc(CC[C@H](Cc2ccccc2)NC(=O)c2ccc(F)cc2)ccc1S(=O)(=O)Cl. The van der Waals surface area contributed by atoms with Crippen molar-refractivity contribution in [2.75, 3.05) is 0 Å². The largest absolute Gasteiger partial charge is 0.349 e. The average Bonchev–Trinajstić information content (AvgIpc) is 2.72. The van der Waals surface area contributed by atoms with E-state index in [-0.39, 0.29) is 16.8 Å². The Balaban J connectivity index is 1.74. The summed E-state index contributed by atoms with van der Waals surface area (Å²) in [4.78, 5) is 12.8. The number of carbonyl (C=O) groups is 1. The number of halogens is 2. The Morgan fingerprint density at radius 1 is 1.00 bits per heavy atom. The molecule has 31 heavy (non-hydrogen) atoms. The lowest BCUT2D eigenvalue weighted by Gasteiger charge is -2.19. The Kier molecular flexibility index (Phi) is 7.46. The molecule has 0 aliphatic heterocycles. The highest BCUT2D eigenvalue weighted by atomic mass is 35.7. The third kappa shape index (κ3) is 6.64. The number of hydrogen-bond donors (Lipinski definition) is 1. The van der Waals surface area contributed by atoms with Crippen LogP contribution in [0.2, 0.25) is 0 Å². The van der Waals surface area contributed by atoms with Gasteiger partial charge in [-0.3, -0.25) is 4.79 Å². The summed E-state index contributed by atoms with van der Waals surface area (Å²) < 4.78 is 36.4. The maximum Gasteiger partial charge on any atom is 0.261 e. The molecule has 0 bridgehead atoms. The zero-order valence-corrected chi connectivity index (χ0v) is 18.6. The summed E-state index contributed by atoms with van der Waals surface area (Å²) in [5.41, 5.74) is 3.02. The molecular weight excluding hydrogens is 437 g/mol. The Morgan fingerprint density at radius 2 is 1.68 bits per heavy atom. The van der Waals surface area contributed by atoms with Gasteiger partial charge in [-0.1, -0.05) is 42.5 Å². The molecule has 0 heterocycles. The molecule has 0 spiro atoms. The van der Waals surface area contributed by atoms with E-state index in [1.807, 2.05) is 30.3 Å². The van der Waals surface area contributed by atoms with Crippen LogP contribution < -0.4 is 5.32 Å². The summed E-state index contributed by atoms with van der Waals surface area (Å²) in [5, 5.41) is 3.04. The molecule has 0 aliphatic carbocycles. The Morgan fingerprint density at radius 3 is 2.29 bits per heavy atom. The van der Waals surface area contributed by atoms with E-state index in [2.05, 4.69) is 5.32 Å². The second kappa shape index (κ2) is 10.1. The van der Waals surface area contributed by atoms with E-state index in [0.29, 0.717) is 30.4 Å². The molecular formula is C24H23ClFNO3S. The van der Waals surface area contributed by atoms with Crippen LogP contribution in [0.3, 0.4) is 0 Å². The molecule has 3 rings (SSSR count). The number of hydrogen-bond acceptors (Lipinski definition) is 3. The molecule has 3 aromatic rings. The summed E-state index contributed by atoms with van der Waals surface area (Å²) in [6.45, 7) is 1.70. The summed E-state index contributed by atoms with van der Waals surface area (Å²) in [6.07, 6.45) is 1.93. The molecule has 162 valence electrons. The van der Waals surface area contributed by atoms with Crippen molar-refractivity contribution >= 4 is 25.6 Å². The number of nitrogens with one attached hydrogen (secondary N) is 1. The zero-order chi connectivity index (χ0) is 22.4. The van der Waals surface area contributed by atoms with Crippen LogP contribution in [-0.2, 0) is 21.9 Å². The zero-order valence-electron chi connectivity index (χ0n) is 17.0. The molecule has 0 radical (unpaired) electrons. The molecule has 0 saturated carbocycles. The number of aryl methyl sites for hydroxylation is 2. The van der Waals surface area contributed by atoms with E-state index in [4.69, 9.17) is 10.7 Å². The van der Waals surface area contributed by atoms with Crippen molar-refractivity contribution in [3.05, 3.63) is 101 Å². The third-order valence-electron chi connectivity index (χ3n) is 5.05. The topological polar surface area (TPSA) is 63.2 Å². The molecule has 7 heteroatoms. The maximum absolute atomic E-state index is 13.2. The molecule has 0 unspecified atom stereocenters. The van der Waals surface area contributed by atoms with E-state index in [9.17, 15) is 17.6 Å². The van der Waals surface area contributed by atoms with Crippen molar-refractivity contribution in [2.24, 2.45) is 0 Å². The highest BCUT2D eigenvalue weighted by molar-refractivity contribution is 8.13. The van der Waals surface area contributed by atoms with Crippen LogP contribution >= 0.6 is 10.7 Å². The van der Waals surface area contributed by atoms with Crippen LogP contribution in [0, 0.1) is 12.7 Å². The second-order valence-corrected chi connectivity index (χ2v) is 9.98. The first-order valence-corrected chi connectivity index (χ1v) is 12.2. The van der Waals surface area contributed by atoms with Gasteiger partial charge in [-0.15, -0.1) is 0 Å². The van der Waals surface area contributed by atoms with Crippen molar-refractivity contribution in [1.82, 2.24) is 5.32 Å². The van der Waals surface area contributed by atoms with Gasteiger partial charge in [-0.05, 0) is 73.2 Å².